The van der Waals surface area contributed by atoms with Crippen molar-refractivity contribution in [1.29, 1.82) is 0 Å². The number of fused-ring (bicyclic) bond motifs is 1. The molecule has 5 heteroatoms. The van der Waals surface area contributed by atoms with E-state index in [2.05, 4.69) is 11.4 Å². The van der Waals surface area contributed by atoms with Crippen molar-refractivity contribution in [1.82, 2.24) is 10.2 Å². The third kappa shape index (κ3) is 3.35. The Morgan fingerprint density at radius 3 is 2.62 bits per heavy atom. The van der Waals surface area contributed by atoms with Crippen LogP contribution in [0.4, 0.5) is 4.79 Å². The highest BCUT2D eigenvalue weighted by molar-refractivity contribution is 5.86. The van der Waals surface area contributed by atoms with Gasteiger partial charge in [-0.15, -0.1) is 0 Å². The lowest BCUT2D eigenvalue weighted by atomic mass is 9.96. The fourth-order valence-electron chi connectivity index (χ4n) is 2.71. The molecule has 5 nitrogen and oxygen atoms in total. The van der Waals surface area contributed by atoms with E-state index in [0.29, 0.717) is 25.9 Å². The van der Waals surface area contributed by atoms with Crippen LogP contribution in [0.3, 0.4) is 0 Å². The van der Waals surface area contributed by atoms with Gasteiger partial charge in [0, 0.05) is 13.1 Å². The van der Waals surface area contributed by atoms with Gasteiger partial charge in [0.1, 0.15) is 5.54 Å². The minimum Gasteiger partial charge on any atom is -0.480 e. The number of rotatable bonds is 4. The lowest BCUT2D eigenvalue weighted by Gasteiger charge is -2.33. The summed E-state index contributed by atoms with van der Waals surface area (Å²) in [5.74, 6) is -0.991. The van der Waals surface area contributed by atoms with Crippen LogP contribution in [0.5, 0.6) is 0 Å². The highest BCUT2D eigenvalue weighted by Crippen LogP contribution is 2.20. The van der Waals surface area contributed by atoms with Crippen molar-refractivity contribution in [2.45, 2.75) is 45.2 Å². The molecular weight excluding hydrogens is 268 g/mol. The van der Waals surface area contributed by atoms with E-state index >= 15 is 0 Å². The third-order valence-corrected chi connectivity index (χ3v) is 4.02. The number of hydrogen-bond acceptors (Lipinski definition) is 2. The van der Waals surface area contributed by atoms with E-state index in [4.69, 9.17) is 0 Å². The quantitative estimate of drug-likeness (QED) is 0.894. The lowest BCUT2D eigenvalue weighted by Crippen LogP contribution is -2.56. The topological polar surface area (TPSA) is 69.6 Å². The molecule has 0 saturated heterocycles. The van der Waals surface area contributed by atoms with Crippen LogP contribution in [-0.4, -0.2) is 34.1 Å². The Morgan fingerprint density at radius 2 is 2.00 bits per heavy atom. The molecule has 1 unspecified atom stereocenters. The van der Waals surface area contributed by atoms with E-state index in [-0.39, 0.29) is 6.03 Å². The van der Waals surface area contributed by atoms with Crippen LogP contribution in [-0.2, 0) is 17.8 Å². The molecular formula is C16H22N2O3. The molecule has 0 aliphatic carbocycles. The summed E-state index contributed by atoms with van der Waals surface area (Å²) in [6, 6.07) is 7.74. The Balaban J connectivity index is 2.06. The molecule has 1 atom stereocenters. The Hall–Kier alpha value is -2.04. The largest absolute Gasteiger partial charge is 0.480 e. The molecule has 114 valence electrons. The number of aliphatic carboxylic acids is 1. The molecule has 0 bridgehead atoms. The van der Waals surface area contributed by atoms with Gasteiger partial charge in [-0.1, -0.05) is 37.6 Å². The van der Waals surface area contributed by atoms with Crippen LogP contribution in [0.25, 0.3) is 0 Å². The smallest absolute Gasteiger partial charge is 0.329 e. The molecule has 2 rings (SSSR count). The van der Waals surface area contributed by atoms with Gasteiger partial charge in [-0.3, -0.25) is 0 Å². The van der Waals surface area contributed by atoms with Crippen LogP contribution in [0.1, 0.15) is 37.8 Å². The Labute approximate surface area is 125 Å². The molecule has 0 fully saturated rings. The van der Waals surface area contributed by atoms with Gasteiger partial charge in [0.15, 0.2) is 0 Å². The van der Waals surface area contributed by atoms with Crippen molar-refractivity contribution < 1.29 is 14.7 Å². The molecule has 1 aliphatic heterocycles. The van der Waals surface area contributed by atoms with Crippen LogP contribution < -0.4 is 5.32 Å². The van der Waals surface area contributed by atoms with E-state index < -0.39 is 11.5 Å². The summed E-state index contributed by atoms with van der Waals surface area (Å²) in [4.78, 5) is 25.4. The van der Waals surface area contributed by atoms with E-state index in [1.807, 2.05) is 25.1 Å². The van der Waals surface area contributed by atoms with Gasteiger partial charge in [0.05, 0.1) is 0 Å². The Bertz CT molecular complexity index is 544. The normalized spacial score (nSPS) is 16.8. The molecule has 21 heavy (non-hydrogen) atoms. The fourth-order valence-corrected chi connectivity index (χ4v) is 2.71. The SMILES string of the molecule is CCCC(C)(NC(=O)N1CCc2ccccc2C1)C(=O)O. The summed E-state index contributed by atoms with van der Waals surface area (Å²) in [6.07, 6.45) is 1.92. The number of carboxylic acids is 1. The van der Waals surface area contributed by atoms with Gasteiger partial charge < -0.3 is 15.3 Å². The maximum absolute atomic E-state index is 12.4. The highest BCUT2D eigenvalue weighted by atomic mass is 16.4. The second-order valence-corrected chi connectivity index (χ2v) is 5.76. The van der Waals surface area contributed by atoms with Gasteiger partial charge in [0.2, 0.25) is 0 Å². The first-order valence-electron chi connectivity index (χ1n) is 7.33. The predicted octanol–water partition coefficient (Wildman–Crippen LogP) is 2.40. The summed E-state index contributed by atoms with van der Waals surface area (Å²) >= 11 is 0. The number of urea groups is 1. The van der Waals surface area contributed by atoms with Crippen molar-refractivity contribution in [3.8, 4) is 0 Å². The predicted molar refractivity (Wildman–Crippen MR) is 80.0 cm³/mol. The summed E-state index contributed by atoms with van der Waals surface area (Å²) in [5, 5.41) is 12.0. The molecule has 0 saturated carbocycles. The van der Waals surface area contributed by atoms with Gasteiger partial charge in [-0.25, -0.2) is 9.59 Å². The number of hydrogen-bond donors (Lipinski definition) is 2. The molecule has 1 heterocycles. The molecule has 2 N–H and O–H groups in total. The number of carbonyl (C=O) groups is 2. The summed E-state index contributed by atoms with van der Waals surface area (Å²) in [5.41, 5.74) is 1.19. The van der Waals surface area contributed by atoms with Gasteiger partial charge in [-0.05, 0) is 30.9 Å². The van der Waals surface area contributed by atoms with Crippen molar-refractivity contribution in [2.75, 3.05) is 6.54 Å². The van der Waals surface area contributed by atoms with Crippen molar-refractivity contribution in [2.24, 2.45) is 0 Å². The second-order valence-electron chi connectivity index (χ2n) is 5.76. The zero-order valence-corrected chi connectivity index (χ0v) is 12.6. The van der Waals surface area contributed by atoms with Gasteiger partial charge in [-0.2, -0.15) is 0 Å². The minimum atomic E-state index is -1.21. The Morgan fingerprint density at radius 1 is 1.33 bits per heavy atom. The van der Waals surface area contributed by atoms with Crippen LogP contribution >= 0.6 is 0 Å². The third-order valence-electron chi connectivity index (χ3n) is 4.02. The van der Waals surface area contributed by atoms with Gasteiger partial charge >= 0.3 is 12.0 Å². The molecule has 0 aromatic heterocycles. The number of amides is 2. The van der Waals surface area contributed by atoms with E-state index in [0.717, 1.165) is 12.0 Å². The fraction of sp³-hybridized carbons (Fsp3) is 0.500. The molecule has 0 spiro atoms. The number of nitrogens with zero attached hydrogens (tertiary/aromatic N) is 1. The number of nitrogens with one attached hydrogen (secondary N) is 1. The van der Waals surface area contributed by atoms with Gasteiger partial charge in [0.25, 0.3) is 0 Å². The average molecular weight is 290 g/mol. The molecule has 1 aliphatic rings. The lowest BCUT2D eigenvalue weighted by molar-refractivity contribution is -0.144. The van der Waals surface area contributed by atoms with E-state index in [9.17, 15) is 14.7 Å². The monoisotopic (exact) mass is 290 g/mol. The summed E-state index contributed by atoms with van der Waals surface area (Å²) < 4.78 is 0. The molecule has 2 amide bonds. The maximum atomic E-state index is 12.4. The Kier molecular flexibility index (Phi) is 4.50. The van der Waals surface area contributed by atoms with Crippen LogP contribution in [0, 0.1) is 0 Å². The highest BCUT2D eigenvalue weighted by Gasteiger charge is 2.35. The number of carbonyl (C=O) groups excluding carboxylic acids is 1. The standard InChI is InChI=1S/C16H22N2O3/c1-3-9-16(2,14(19)20)17-15(21)18-10-8-12-6-4-5-7-13(12)11-18/h4-7H,3,8-11H2,1-2H3,(H,17,21)(H,19,20). The summed E-state index contributed by atoms with van der Waals surface area (Å²) in [7, 11) is 0. The zero-order valence-electron chi connectivity index (χ0n) is 12.6. The molecule has 1 aromatic rings. The van der Waals surface area contributed by atoms with Crippen LogP contribution in [0.15, 0.2) is 24.3 Å². The van der Waals surface area contributed by atoms with Crippen molar-refractivity contribution in [3.05, 3.63) is 35.4 Å². The maximum Gasteiger partial charge on any atom is 0.329 e. The average Bonchev–Trinajstić information content (AvgIpc) is 2.46. The molecule has 1 aromatic carbocycles. The number of carboxylic acid groups (broad SMARTS) is 1. The van der Waals surface area contributed by atoms with Crippen molar-refractivity contribution in [3.63, 3.8) is 0 Å². The van der Waals surface area contributed by atoms with E-state index in [1.54, 1.807) is 11.8 Å². The van der Waals surface area contributed by atoms with Crippen molar-refractivity contribution >= 4 is 12.0 Å². The molecule has 0 radical (unpaired) electrons. The van der Waals surface area contributed by atoms with E-state index in [1.165, 1.54) is 5.56 Å². The second kappa shape index (κ2) is 6.16. The first-order valence-corrected chi connectivity index (χ1v) is 7.33. The zero-order chi connectivity index (χ0) is 15.5. The van der Waals surface area contributed by atoms with Crippen LogP contribution in [0.2, 0.25) is 0 Å². The number of benzene rings is 1. The first kappa shape index (κ1) is 15.4. The minimum absolute atomic E-state index is 0.303. The summed E-state index contributed by atoms with van der Waals surface area (Å²) in [6.45, 7) is 4.62. The first-order chi connectivity index (χ1) is 9.96.